The molecule has 0 fully saturated rings. The van der Waals surface area contributed by atoms with E-state index in [4.69, 9.17) is 5.73 Å². The van der Waals surface area contributed by atoms with E-state index < -0.39 is 35.9 Å². The Hall–Kier alpha value is -2.17. The minimum atomic E-state index is -1.11. The molecule has 0 saturated carbocycles. The lowest BCUT2D eigenvalue weighted by Crippen LogP contribution is -2.55. The lowest BCUT2D eigenvalue weighted by molar-refractivity contribution is -0.142. The largest absolute Gasteiger partial charge is 0.480 e. The summed E-state index contributed by atoms with van der Waals surface area (Å²) in [6.45, 7) is 0. The van der Waals surface area contributed by atoms with Crippen molar-refractivity contribution in [1.29, 1.82) is 0 Å². The molecule has 3 unspecified atom stereocenters. The number of carboxylic acid groups (broad SMARTS) is 1. The lowest BCUT2D eigenvalue weighted by Gasteiger charge is -2.22. The first-order valence-corrected chi connectivity index (χ1v) is 11.1. The standard InChI is InChI=1S/C19H26N4O4S2/c1-29-7-6-15(19(26)27)22-18(25)16(23-17(24)13(20)10-28)8-11-9-21-14-5-3-2-4-12(11)14/h2-5,9,13,15-16,21,28H,6-8,10,20H2,1H3,(H,22,25)(H,23,24)(H,26,27). The highest BCUT2D eigenvalue weighted by Gasteiger charge is 2.28. The minimum absolute atomic E-state index is 0.124. The molecule has 0 spiro atoms. The number of fused-ring (bicyclic) bond motifs is 1. The Balaban J connectivity index is 2.22. The van der Waals surface area contributed by atoms with Crippen molar-refractivity contribution in [3.8, 4) is 0 Å². The number of aromatic nitrogens is 1. The maximum absolute atomic E-state index is 12.9. The molecule has 1 aromatic carbocycles. The zero-order valence-corrected chi connectivity index (χ0v) is 17.8. The fourth-order valence-electron chi connectivity index (χ4n) is 2.86. The summed E-state index contributed by atoms with van der Waals surface area (Å²) in [5.41, 5.74) is 7.46. The summed E-state index contributed by atoms with van der Waals surface area (Å²) in [7, 11) is 0. The van der Waals surface area contributed by atoms with Crippen LogP contribution in [0.5, 0.6) is 0 Å². The molecule has 1 heterocycles. The van der Waals surface area contributed by atoms with Crippen molar-refractivity contribution in [2.75, 3.05) is 17.8 Å². The number of rotatable bonds is 11. The van der Waals surface area contributed by atoms with Gasteiger partial charge in [-0.25, -0.2) is 4.79 Å². The highest BCUT2D eigenvalue weighted by molar-refractivity contribution is 7.98. The second kappa shape index (κ2) is 11.1. The molecule has 3 atom stereocenters. The lowest BCUT2D eigenvalue weighted by atomic mass is 10.0. The van der Waals surface area contributed by atoms with Gasteiger partial charge in [0.05, 0.1) is 6.04 Å². The van der Waals surface area contributed by atoms with Crippen molar-refractivity contribution in [1.82, 2.24) is 15.6 Å². The highest BCUT2D eigenvalue weighted by Crippen LogP contribution is 2.19. The van der Waals surface area contributed by atoms with Crippen LogP contribution in [0.3, 0.4) is 0 Å². The molecule has 0 bridgehead atoms. The van der Waals surface area contributed by atoms with Gasteiger partial charge < -0.3 is 26.5 Å². The molecule has 6 N–H and O–H groups in total. The van der Waals surface area contributed by atoms with E-state index in [1.54, 1.807) is 6.20 Å². The van der Waals surface area contributed by atoms with Gasteiger partial charge in [-0.1, -0.05) is 18.2 Å². The summed E-state index contributed by atoms with van der Waals surface area (Å²) < 4.78 is 0. The van der Waals surface area contributed by atoms with Crippen molar-refractivity contribution in [2.24, 2.45) is 5.73 Å². The number of hydrogen-bond donors (Lipinski definition) is 6. The van der Waals surface area contributed by atoms with Crippen LogP contribution in [0.2, 0.25) is 0 Å². The Morgan fingerprint density at radius 1 is 1.21 bits per heavy atom. The number of aliphatic carboxylic acids is 1. The van der Waals surface area contributed by atoms with Crippen molar-refractivity contribution < 1.29 is 19.5 Å². The number of nitrogens with one attached hydrogen (secondary N) is 3. The Morgan fingerprint density at radius 3 is 2.55 bits per heavy atom. The zero-order valence-electron chi connectivity index (χ0n) is 16.1. The van der Waals surface area contributed by atoms with Crippen LogP contribution in [0.1, 0.15) is 12.0 Å². The van der Waals surface area contributed by atoms with Crippen LogP contribution in [0.15, 0.2) is 30.5 Å². The Morgan fingerprint density at radius 2 is 1.90 bits per heavy atom. The van der Waals surface area contributed by atoms with Gasteiger partial charge in [0, 0.05) is 29.3 Å². The van der Waals surface area contributed by atoms with Crippen LogP contribution in [-0.2, 0) is 20.8 Å². The normalized spacial score (nSPS) is 14.2. The fraction of sp³-hybridized carbons (Fsp3) is 0.421. The van der Waals surface area contributed by atoms with Crippen molar-refractivity contribution in [3.05, 3.63) is 36.0 Å². The number of carboxylic acids is 1. The predicted molar refractivity (Wildman–Crippen MR) is 118 cm³/mol. The number of amides is 2. The molecule has 29 heavy (non-hydrogen) atoms. The number of hydrogen-bond acceptors (Lipinski definition) is 6. The number of para-hydroxylation sites is 1. The average Bonchev–Trinajstić information content (AvgIpc) is 3.12. The van der Waals surface area contributed by atoms with Crippen molar-refractivity contribution in [2.45, 2.75) is 31.0 Å². The SMILES string of the molecule is CSCCC(NC(=O)C(Cc1c[nH]c2ccccc12)NC(=O)C(N)CS)C(=O)O. The van der Waals surface area contributed by atoms with Gasteiger partial charge in [-0.2, -0.15) is 24.4 Å². The van der Waals surface area contributed by atoms with Crippen LogP contribution >= 0.6 is 24.4 Å². The van der Waals surface area contributed by atoms with Gasteiger partial charge in [-0.05, 0) is 30.1 Å². The van der Waals surface area contributed by atoms with Gasteiger partial charge >= 0.3 is 5.97 Å². The Kier molecular flexibility index (Phi) is 8.87. The maximum Gasteiger partial charge on any atom is 0.326 e. The Bertz CT molecular complexity index is 858. The molecule has 0 aliphatic heterocycles. The number of benzene rings is 1. The highest BCUT2D eigenvalue weighted by atomic mass is 32.2. The molecule has 0 radical (unpaired) electrons. The van der Waals surface area contributed by atoms with Crippen LogP contribution in [0, 0.1) is 0 Å². The molecule has 10 heteroatoms. The summed E-state index contributed by atoms with van der Waals surface area (Å²) >= 11 is 5.51. The summed E-state index contributed by atoms with van der Waals surface area (Å²) in [6, 6.07) is 4.72. The van der Waals surface area contributed by atoms with E-state index in [0.717, 1.165) is 16.5 Å². The predicted octanol–water partition coefficient (Wildman–Crippen LogP) is 0.775. The number of carbonyl (C=O) groups excluding carboxylic acids is 2. The molecule has 2 rings (SSSR count). The molecule has 2 aromatic rings. The molecule has 1 aromatic heterocycles. The first kappa shape index (κ1) is 23.1. The molecular formula is C19H26N4O4S2. The molecule has 0 aliphatic carbocycles. The van der Waals surface area contributed by atoms with Gasteiger partial charge in [-0.3, -0.25) is 9.59 Å². The number of aromatic amines is 1. The quantitative estimate of drug-likeness (QED) is 0.287. The first-order valence-electron chi connectivity index (χ1n) is 9.11. The number of H-pyrrole nitrogens is 1. The van der Waals surface area contributed by atoms with Gasteiger partial charge in [0.15, 0.2) is 0 Å². The average molecular weight is 439 g/mol. The third-order valence-corrected chi connectivity index (χ3v) is 5.53. The van der Waals surface area contributed by atoms with E-state index in [9.17, 15) is 19.5 Å². The van der Waals surface area contributed by atoms with Crippen molar-refractivity contribution >= 4 is 53.1 Å². The summed E-state index contributed by atoms with van der Waals surface area (Å²) in [5, 5.41) is 15.5. The van der Waals surface area contributed by atoms with Crippen molar-refractivity contribution in [3.63, 3.8) is 0 Å². The van der Waals surface area contributed by atoms with E-state index in [1.165, 1.54) is 11.8 Å². The van der Waals surface area contributed by atoms with E-state index in [2.05, 4.69) is 28.2 Å². The van der Waals surface area contributed by atoms with Crippen LogP contribution in [0.25, 0.3) is 10.9 Å². The molecule has 0 saturated heterocycles. The second-order valence-corrected chi connectivity index (χ2v) is 7.95. The third-order valence-electron chi connectivity index (χ3n) is 4.49. The van der Waals surface area contributed by atoms with E-state index >= 15 is 0 Å². The topological polar surface area (TPSA) is 137 Å². The van der Waals surface area contributed by atoms with Gasteiger partial charge in [0.25, 0.3) is 0 Å². The number of carbonyl (C=O) groups is 3. The Labute approximate surface area is 178 Å². The van der Waals surface area contributed by atoms with E-state index in [1.807, 2.05) is 30.5 Å². The summed E-state index contributed by atoms with van der Waals surface area (Å²) in [6.07, 6.45) is 4.11. The molecule has 8 nitrogen and oxygen atoms in total. The first-order chi connectivity index (χ1) is 13.9. The molecule has 0 aliphatic rings. The van der Waals surface area contributed by atoms with Gasteiger partial charge in [-0.15, -0.1) is 0 Å². The molecule has 158 valence electrons. The van der Waals surface area contributed by atoms with Crippen LogP contribution < -0.4 is 16.4 Å². The molecular weight excluding hydrogens is 412 g/mol. The smallest absolute Gasteiger partial charge is 0.326 e. The van der Waals surface area contributed by atoms with E-state index in [0.29, 0.717) is 5.75 Å². The number of thioether (sulfide) groups is 1. The summed E-state index contributed by atoms with van der Waals surface area (Å²) in [4.78, 5) is 39.8. The van der Waals surface area contributed by atoms with Gasteiger partial charge in [0.1, 0.15) is 12.1 Å². The third kappa shape index (κ3) is 6.41. The molecule has 2 amide bonds. The maximum atomic E-state index is 12.9. The summed E-state index contributed by atoms with van der Waals surface area (Å²) in [5.74, 6) is -1.49. The number of nitrogens with two attached hydrogens (primary N) is 1. The van der Waals surface area contributed by atoms with Crippen LogP contribution in [0.4, 0.5) is 0 Å². The van der Waals surface area contributed by atoms with E-state index in [-0.39, 0.29) is 18.6 Å². The monoisotopic (exact) mass is 438 g/mol. The second-order valence-electron chi connectivity index (χ2n) is 6.59. The number of thiol groups is 1. The zero-order chi connectivity index (χ0) is 21.4. The fourth-order valence-corrected chi connectivity index (χ4v) is 3.49. The van der Waals surface area contributed by atoms with Crippen LogP contribution in [-0.4, -0.2) is 63.8 Å². The van der Waals surface area contributed by atoms with Gasteiger partial charge in [0.2, 0.25) is 11.8 Å². The minimum Gasteiger partial charge on any atom is -0.480 e.